The lowest BCUT2D eigenvalue weighted by atomic mass is 9.94. The summed E-state index contributed by atoms with van der Waals surface area (Å²) in [7, 11) is 0. The number of hydrogen-bond donors (Lipinski definition) is 0. The quantitative estimate of drug-likeness (QED) is 0.758. The Kier molecular flexibility index (Phi) is 5.02. The van der Waals surface area contributed by atoms with Crippen LogP contribution in [0.25, 0.3) is 0 Å². The number of hydrogen-bond acceptors (Lipinski definition) is 2. The molecular formula is C21H28N2. The van der Waals surface area contributed by atoms with Crippen LogP contribution < -0.4 is 4.90 Å². The summed E-state index contributed by atoms with van der Waals surface area (Å²) in [6.07, 6.45) is 2.25. The van der Waals surface area contributed by atoms with Crippen LogP contribution in [0.3, 0.4) is 0 Å². The summed E-state index contributed by atoms with van der Waals surface area (Å²) in [4.78, 5) is 5.04. The van der Waals surface area contributed by atoms with Gasteiger partial charge in [-0.05, 0) is 61.8 Å². The van der Waals surface area contributed by atoms with E-state index in [0.717, 1.165) is 26.1 Å². The Balaban J connectivity index is 1.85. The van der Waals surface area contributed by atoms with E-state index >= 15 is 0 Å². The lowest BCUT2D eigenvalue weighted by Crippen LogP contribution is -2.29. The third-order valence-electron chi connectivity index (χ3n) is 4.95. The van der Waals surface area contributed by atoms with Gasteiger partial charge in [-0.2, -0.15) is 0 Å². The van der Waals surface area contributed by atoms with Crippen molar-refractivity contribution in [2.24, 2.45) is 0 Å². The van der Waals surface area contributed by atoms with Crippen LogP contribution >= 0.6 is 0 Å². The summed E-state index contributed by atoms with van der Waals surface area (Å²) in [5.74, 6) is 0. The van der Waals surface area contributed by atoms with E-state index in [-0.39, 0.29) is 0 Å². The van der Waals surface area contributed by atoms with E-state index < -0.39 is 0 Å². The van der Waals surface area contributed by atoms with Gasteiger partial charge in [0.1, 0.15) is 0 Å². The highest BCUT2D eigenvalue weighted by Crippen LogP contribution is 2.38. The van der Waals surface area contributed by atoms with Crippen molar-refractivity contribution in [3.8, 4) is 0 Å². The van der Waals surface area contributed by atoms with Gasteiger partial charge in [0.05, 0.1) is 0 Å². The fraction of sp³-hybridized carbons (Fsp3) is 0.429. The molecule has 0 atom stereocenters. The molecule has 1 aliphatic rings. The lowest BCUT2D eigenvalue weighted by Gasteiger charge is -2.34. The summed E-state index contributed by atoms with van der Waals surface area (Å²) in [6, 6.07) is 15.8. The van der Waals surface area contributed by atoms with Gasteiger partial charge in [-0.25, -0.2) is 0 Å². The van der Waals surface area contributed by atoms with Crippen molar-refractivity contribution in [2.75, 3.05) is 31.1 Å². The zero-order valence-corrected chi connectivity index (χ0v) is 14.7. The molecule has 1 heterocycles. The second-order valence-electron chi connectivity index (χ2n) is 6.47. The molecule has 0 aliphatic carbocycles. The predicted octanol–water partition coefficient (Wildman–Crippen LogP) is 4.77. The normalized spacial score (nSPS) is 13.1. The maximum atomic E-state index is 2.53. The Morgan fingerprint density at radius 1 is 0.957 bits per heavy atom. The first-order valence-electron chi connectivity index (χ1n) is 8.90. The van der Waals surface area contributed by atoms with Gasteiger partial charge in [-0.15, -0.1) is 0 Å². The highest BCUT2D eigenvalue weighted by Gasteiger charge is 2.22. The van der Waals surface area contributed by atoms with Crippen molar-refractivity contribution in [1.29, 1.82) is 0 Å². The maximum Gasteiger partial charge on any atom is 0.0449 e. The van der Waals surface area contributed by atoms with Crippen LogP contribution in [0.5, 0.6) is 0 Å². The minimum absolute atomic E-state index is 1.05. The third kappa shape index (κ3) is 3.42. The first-order valence-corrected chi connectivity index (χ1v) is 8.90. The van der Waals surface area contributed by atoms with E-state index in [4.69, 9.17) is 0 Å². The standard InChI is InChI=1S/C21H28N2/c1-4-22(5-2)13-8-14-23-20-10-7-6-9-18(20)16-19-12-11-17(3)15-21(19)23/h6-7,9-12,15H,4-5,8,13-14,16H2,1-3H3. The molecule has 0 spiro atoms. The number of fused-ring (bicyclic) bond motifs is 2. The van der Waals surface area contributed by atoms with E-state index in [9.17, 15) is 0 Å². The zero-order chi connectivity index (χ0) is 16.2. The van der Waals surface area contributed by atoms with Gasteiger partial charge in [-0.3, -0.25) is 0 Å². The van der Waals surface area contributed by atoms with Crippen LogP contribution in [-0.2, 0) is 6.42 Å². The summed E-state index contributed by atoms with van der Waals surface area (Å²) < 4.78 is 0. The second-order valence-corrected chi connectivity index (χ2v) is 6.47. The Bertz CT molecular complexity index is 659. The molecule has 0 saturated carbocycles. The van der Waals surface area contributed by atoms with Crippen molar-refractivity contribution < 1.29 is 0 Å². The number of nitrogens with zero attached hydrogens (tertiary/aromatic N) is 2. The highest BCUT2D eigenvalue weighted by atomic mass is 15.2. The van der Waals surface area contributed by atoms with Crippen molar-refractivity contribution in [3.63, 3.8) is 0 Å². The van der Waals surface area contributed by atoms with Crippen LogP contribution in [0, 0.1) is 6.92 Å². The van der Waals surface area contributed by atoms with Gasteiger partial charge in [-0.1, -0.05) is 44.2 Å². The Hall–Kier alpha value is -1.80. The lowest BCUT2D eigenvalue weighted by molar-refractivity contribution is 0.301. The average molecular weight is 308 g/mol. The zero-order valence-electron chi connectivity index (χ0n) is 14.7. The SMILES string of the molecule is CCN(CC)CCCN1c2ccccc2Cc2ccc(C)cc21. The molecule has 0 fully saturated rings. The van der Waals surface area contributed by atoms with Crippen molar-refractivity contribution >= 4 is 11.4 Å². The van der Waals surface area contributed by atoms with Crippen molar-refractivity contribution in [1.82, 2.24) is 4.90 Å². The fourth-order valence-corrected chi connectivity index (χ4v) is 3.57. The van der Waals surface area contributed by atoms with Crippen LogP contribution in [0.1, 0.15) is 37.0 Å². The fourth-order valence-electron chi connectivity index (χ4n) is 3.57. The molecule has 0 aromatic heterocycles. The maximum absolute atomic E-state index is 2.53. The first-order chi connectivity index (χ1) is 11.2. The van der Waals surface area contributed by atoms with Gasteiger partial charge in [0.2, 0.25) is 0 Å². The van der Waals surface area contributed by atoms with Crippen molar-refractivity contribution in [3.05, 3.63) is 59.2 Å². The molecule has 0 N–H and O–H groups in total. The second kappa shape index (κ2) is 7.18. The molecule has 122 valence electrons. The molecule has 0 unspecified atom stereocenters. The molecule has 1 aliphatic heterocycles. The Labute approximate surface area is 140 Å². The Morgan fingerprint density at radius 3 is 2.48 bits per heavy atom. The van der Waals surface area contributed by atoms with Crippen molar-refractivity contribution in [2.45, 2.75) is 33.6 Å². The topological polar surface area (TPSA) is 6.48 Å². The van der Waals surface area contributed by atoms with Crippen LogP contribution in [0.15, 0.2) is 42.5 Å². The van der Waals surface area contributed by atoms with E-state index in [1.807, 2.05) is 0 Å². The largest absolute Gasteiger partial charge is 0.341 e. The third-order valence-corrected chi connectivity index (χ3v) is 4.95. The number of benzene rings is 2. The average Bonchev–Trinajstić information content (AvgIpc) is 2.58. The Morgan fingerprint density at radius 2 is 1.70 bits per heavy atom. The van der Waals surface area contributed by atoms with E-state index in [1.165, 1.54) is 41.0 Å². The highest BCUT2D eigenvalue weighted by molar-refractivity contribution is 5.74. The molecule has 0 saturated heterocycles. The molecule has 23 heavy (non-hydrogen) atoms. The number of rotatable bonds is 6. The van der Waals surface area contributed by atoms with Crippen LogP contribution in [-0.4, -0.2) is 31.1 Å². The van der Waals surface area contributed by atoms with Gasteiger partial charge < -0.3 is 9.80 Å². The number of anilines is 2. The number of para-hydroxylation sites is 1. The summed E-state index contributed by atoms with van der Waals surface area (Å²) in [5, 5.41) is 0. The van der Waals surface area contributed by atoms with Gasteiger partial charge in [0, 0.05) is 24.3 Å². The molecule has 0 radical (unpaired) electrons. The summed E-state index contributed by atoms with van der Waals surface area (Å²) in [6.45, 7) is 11.2. The van der Waals surface area contributed by atoms with Gasteiger partial charge >= 0.3 is 0 Å². The molecule has 2 aromatic carbocycles. The smallest absolute Gasteiger partial charge is 0.0449 e. The minimum Gasteiger partial charge on any atom is -0.341 e. The van der Waals surface area contributed by atoms with E-state index in [0.29, 0.717) is 0 Å². The van der Waals surface area contributed by atoms with E-state index in [2.05, 4.69) is 73.0 Å². The van der Waals surface area contributed by atoms with E-state index in [1.54, 1.807) is 0 Å². The molecule has 3 rings (SSSR count). The van der Waals surface area contributed by atoms with Gasteiger partial charge in [0.25, 0.3) is 0 Å². The minimum atomic E-state index is 1.05. The molecule has 2 aromatic rings. The molecule has 0 bridgehead atoms. The predicted molar refractivity (Wildman–Crippen MR) is 99.8 cm³/mol. The number of aryl methyl sites for hydroxylation is 1. The first kappa shape index (κ1) is 16.1. The molecular weight excluding hydrogens is 280 g/mol. The van der Waals surface area contributed by atoms with Crippen LogP contribution in [0.2, 0.25) is 0 Å². The molecule has 0 amide bonds. The summed E-state index contributed by atoms with van der Waals surface area (Å²) in [5.41, 5.74) is 7.05. The van der Waals surface area contributed by atoms with Gasteiger partial charge in [0.15, 0.2) is 0 Å². The molecule has 2 heteroatoms. The van der Waals surface area contributed by atoms with Crippen LogP contribution in [0.4, 0.5) is 11.4 Å². The summed E-state index contributed by atoms with van der Waals surface area (Å²) >= 11 is 0. The monoisotopic (exact) mass is 308 g/mol. The molecule has 2 nitrogen and oxygen atoms in total.